The molecule has 0 fully saturated rings. The second kappa shape index (κ2) is 6.10. The van der Waals surface area contributed by atoms with E-state index in [1.807, 2.05) is 13.8 Å². The molecule has 0 aliphatic carbocycles. The van der Waals surface area contributed by atoms with Crippen LogP contribution in [0.2, 0.25) is 0 Å². The van der Waals surface area contributed by atoms with Gasteiger partial charge >= 0.3 is 0 Å². The lowest BCUT2D eigenvalue weighted by molar-refractivity contribution is 0.245. The minimum Gasteiger partial charge on any atom is -0.484 e. The van der Waals surface area contributed by atoms with Crippen LogP contribution in [0, 0.1) is 5.92 Å². The number of hydrogen-bond acceptors (Lipinski definition) is 5. The summed E-state index contributed by atoms with van der Waals surface area (Å²) in [7, 11) is 2.06. The highest BCUT2D eigenvalue weighted by Crippen LogP contribution is 2.38. The van der Waals surface area contributed by atoms with E-state index in [4.69, 9.17) is 10.5 Å². The third-order valence-corrected chi connectivity index (χ3v) is 3.36. The molecule has 17 heavy (non-hydrogen) atoms. The first-order valence-electron chi connectivity index (χ1n) is 6.04. The van der Waals surface area contributed by atoms with E-state index >= 15 is 0 Å². The van der Waals surface area contributed by atoms with E-state index in [9.17, 15) is 0 Å². The van der Waals surface area contributed by atoms with Gasteiger partial charge in [-0.15, -0.1) is 0 Å². The molecule has 1 aromatic rings. The number of anilines is 2. The largest absolute Gasteiger partial charge is 0.484 e. The van der Waals surface area contributed by atoms with E-state index in [2.05, 4.69) is 30.2 Å². The fourth-order valence-electron chi connectivity index (χ4n) is 1.43. The van der Waals surface area contributed by atoms with Crippen molar-refractivity contribution >= 4 is 22.4 Å². The van der Waals surface area contributed by atoms with Gasteiger partial charge in [-0.05, 0) is 37.7 Å². The predicted molar refractivity (Wildman–Crippen MR) is 75.0 cm³/mol. The Balaban J connectivity index is 2.75. The van der Waals surface area contributed by atoms with Crippen molar-refractivity contribution in [3.8, 4) is 5.75 Å². The van der Waals surface area contributed by atoms with Crippen molar-refractivity contribution in [1.29, 1.82) is 0 Å². The lowest BCUT2D eigenvalue weighted by Crippen LogP contribution is -2.20. The molecule has 2 N–H and O–H groups in total. The van der Waals surface area contributed by atoms with Gasteiger partial charge in [-0.1, -0.05) is 13.8 Å². The quantitative estimate of drug-likeness (QED) is 0.851. The molecule has 0 saturated heterocycles. The summed E-state index contributed by atoms with van der Waals surface area (Å²) in [5.74, 6) is 1.92. The number of nitrogen functional groups attached to an aromatic ring is 1. The van der Waals surface area contributed by atoms with Gasteiger partial charge in [0.25, 0.3) is 0 Å². The molecule has 0 atom stereocenters. The smallest absolute Gasteiger partial charge is 0.198 e. The van der Waals surface area contributed by atoms with Crippen molar-refractivity contribution in [2.45, 2.75) is 40.2 Å². The highest BCUT2D eigenvalue weighted by molar-refractivity contribution is 7.11. The Morgan fingerprint density at radius 2 is 2.00 bits per heavy atom. The Labute approximate surface area is 108 Å². The fraction of sp³-hybridized carbons (Fsp3) is 0.750. The van der Waals surface area contributed by atoms with Crippen LogP contribution in [0.4, 0.5) is 10.8 Å². The molecule has 1 heterocycles. The number of hydrogen-bond donors (Lipinski definition) is 1. The summed E-state index contributed by atoms with van der Waals surface area (Å²) >= 11 is 1.40. The Bertz CT molecular complexity index is 350. The van der Waals surface area contributed by atoms with Gasteiger partial charge in [-0.3, -0.25) is 0 Å². The van der Waals surface area contributed by atoms with E-state index < -0.39 is 0 Å². The molecule has 1 aromatic heterocycles. The molecule has 98 valence electrons. The lowest BCUT2D eigenvalue weighted by atomic mass is 10.1. The molecule has 0 radical (unpaired) electrons. The van der Waals surface area contributed by atoms with Gasteiger partial charge in [0.05, 0.1) is 6.10 Å². The van der Waals surface area contributed by atoms with Crippen LogP contribution < -0.4 is 15.4 Å². The van der Waals surface area contributed by atoms with Crippen LogP contribution in [0.5, 0.6) is 5.75 Å². The van der Waals surface area contributed by atoms with Crippen molar-refractivity contribution in [1.82, 2.24) is 4.37 Å². The van der Waals surface area contributed by atoms with Crippen LogP contribution in [-0.4, -0.2) is 24.1 Å². The van der Waals surface area contributed by atoms with Crippen LogP contribution in [0.25, 0.3) is 0 Å². The molecule has 5 heteroatoms. The van der Waals surface area contributed by atoms with Crippen molar-refractivity contribution in [2.24, 2.45) is 5.92 Å². The molecule has 0 aromatic carbocycles. The third-order valence-electron chi connectivity index (χ3n) is 2.40. The minimum absolute atomic E-state index is 0.117. The highest BCUT2D eigenvalue weighted by atomic mass is 32.1. The predicted octanol–water partition coefficient (Wildman–Crippen LogP) is 2.99. The monoisotopic (exact) mass is 257 g/mol. The molecule has 0 bridgehead atoms. The van der Waals surface area contributed by atoms with Crippen LogP contribution >= 0.6 is 11.5 Å². The number of rotatable bonds is 6. The van der Waals surface area contributed by atoms with Crippen LogP contribution in [0.15, 0.2) is 0 Å². The van der Waals surface area contributed by atoms with E-state index in [0.717, 1.165) is 23.7 Å². The van der Waals surface area contributed by atoms with Gasteiger partial charge in [-0.25, -0.2) is 0 Å². The molecule has 0 aliphatic heterocycles. The van der Waals surface area contributed by atoms with Crippen molar-refractivity contribution in [2.75, 3.05) is 24.2 Å². The number of nitrogens with two attached hydrogens (primary N) is 1. The summed E-state index contributed by atoms with van der Waals surface area (Å²) in [4.78, 5) is 2.17. The van der Waals surface area contributed by atoms with Crippen molar-refractivity contribution in [3.05, 3.63) is 0 Å². The maximum atomic E-state index is 5.83. The van der Waals surface area contributed by atoms with E-state index in [1.165, 1.54) is 11.5 Å². The standard InChI is InChI=1S/C12H23N3OS/c1-8(2)6-7-15(5)12-10(16-9(3)4)11(13)14-17-12/h8-9H,6-7H2,1-5H3,(H2,13,14). The average Bonchev–Trinajstić information content (AvgIpc) is 2.56. The first-order valence-corrected chi connectivity index (χ1v) is 6.82. The Morgan fingerprint density at radius 3 is 2.53 bits per heavy atom. The molecule has 0 unspecified atom stereocenters. The highest BCUT2D eigenvalue weighted by Gasteiger charge is 2.17. The maximum Gasteiger partial charge on any atom is 0.198 e. The Hall–Kier alpha value is -0.970. The average molecular weight is 257 g/mol. The second-order valence-corrected chi connectivity index (χ2v) is 5.72. The van der Waals surface area contributed by atoms with Crippen molar-refractivity contribution in [3.63, 3.8) is 0 Å². The summed E-state index contributed by atoms with van der Waals surface area (Å²) in [5.41, 5.74) is 5.83. The van der Waals surface area contributed by atoms with E-state index in [1.54, 1.807) is 0 Å². The normalized spacial score (nSPS) is 11.2. The van der Waals surface area contributed by atoms with Crippen LogP contribution in [0.1, 0.15) is 34.1 Å². The second-order valence-electron chi connectivity index (χ2n) is 4.97. The number of ether oxygens (including phenoxy) is 1. The first kappa shape index (κ1) is 14.1. The topological polar surface area (TPSA) is 51.4 Å². The van der Waals surface area contributed by atoms with E-state index in [-0.39, 0.29) is 6.10 Å². The Kier molecular flexibility index (Phi) is 5.05. The van der Waals surface area contributed by atoms with Gasteiger partial charge < -0.3 is 15.4 Å². The zero-order valence-corrected chi connectivity index (χ0v) is 12.2. The van der Waals surface area contributed by atoms with Crippen LogP contribution in [-0.2, 0) is 0 Å². The molecular formula is C12H23N3OS. The van der Waals surface area contributed by atoms with Gasteiger partial charge in [0.15, 0.2) is 16.6 Å². The van der Waals surface area contributed by atoms with Crippen molar-refractivity contribution < 1.29 is 4.74 Å². The molecule has 0 amide bonds. The molecule has 0 aliphatic rings. The summed E-state index contributed by atoms with van der Waals surface area (Å²) in [6, 6.07) is 0. The van der Waals surface area contributed by atoms with Gasteiger partial charge in [0.2, 0.25) is 0 Å². The third kappa shape index (κ3) is 4.07. The molecule has 0 saturated carbocycles. The van der Waals surface area contributed by atoms with Gasteiger partial charge in [0.1, 0.15) is 0 Å². The zero-order chi connectivity index (χ0) is 13.0. The molecule has 4 nitrogen and oxygen atoms in total. The molecule has 1 rings (SSSR count). The number of aromatic nitrogens is 1. The zero-order valence-electron chi connectivity index (χ0n) is 11.4. The van der Waals surface area contributed by atoms with Gasteiger partial charge in [0, 0.05) is 13.6 Å². The summed E-state index contributed by atoms with van der Waals surface area (Å²) in [6.07, 6.45) is 1.26. The van der Waals surface area contributed by atoms with Crippen LogP contribution in [0.3, 0.4) is 0 Å². The first-order chi connectivity index (χ1) is 7.91. The summed E-state index contributed by atoms with van der Waals surface area (Å²) in [6.45, 7) is 9.43. The lowest BCUT2D eigenvalue weighted by Gasteiger charge is -2.20. The minimum atomic E-state index is 0.117. The Morgan fingerprint density at radius 1 is 1.35 bits per heavy atom. The number of nitrogens with zero attached hydrogens (tertiary/aromatic N) is 2. The van der Waals surface area contributed by atoms with E-state index in [0.29, 0.717) is 11.7 Å². The fourth-order valence-corrected chi connectivity index (χ4v) is 2.16. The summed E-state index contributed by atoms with van der Waals surface area (Å²) < 4.78 is 9.90. The summed E-state index contributed by atoms with van der Waals surface area (Å²) in [5, 5.41) is 1.02. The molecule has 0 spiro atoms. The van der Waals surface area contributed by atoms with Gasteiger partial charge in [-0.2, -0.15) is 4.37 Å². The maximum absolute atomic E-state index is 5.83. The SMILES string of the molecule is CC(C)CCN(C)c1snc(N)c1OC(C)C. The molecular weight excluding hydrogens is 234 g/mol.